The first-order chi connectivity index (χ1) is 6.18. The van der Waals surface area contributed by atoms with Crippen LogP contribution in [0.3, 0.4) is 0 Å². The fraction of sp³-hybridized carbons (Fsp3) is 0.800. The molecule has 0 aliphatic rings. The van der Waals surface area contributed by atoms with E-state index in [1.165, 1.54) is 13.3 Å². The number of hydrogen-bond donors (Lipinski definition) is 2. The van der Waals surface area contributed by atoms with Crippen LogP contribution in [0.2, 0.25) is 0 Å². The van der Waals surface area contributed by atoms with Crippen LogP contribution in [0.1, 0.15) is 26.7 Å². The summed E-state index contributed by atoms with van der Waals surface area (Å²) < 4.78 is 5.11. The molecule has 0 amide bonds. The van der Waals surface area contributed by atoms with Gasteiger partial charge in [0.1, 0.15) is 0 Å². The van der Waals surface area contributed by atoms with Crippen LogP contribution in [0.25, 0.3) is 0 Å². The molecule has 0 saturated heterocycles. The van der Waals surface area contributed by atoms with E-state index < -0.39 is 6.10 Å². The fourth-order valence-electron chi connectivity index (χ4n) is 0.413. The van der Waals surface area contributed by atoms with E-state index in [1.54, 1.807) is 6.08 Å². The molecule has 0 heterocycles. The van der Waals surface area contributed by atoms with Crippen molar-refractivity contribution in [3.05, 3.63) is 12.7 Å². The molecule has 80 valence electrons. The summed E-state index contributed by atoms with van der Waals surface area (Å²) in [5, 5.41) is 16.0. The van der Waals surface area contributed by atoms with Gasteiger partial charge in [0.25, 0.3) is 0 Å². The Labute approximate surface area is 81.0 Å². The summed E-state index contributed by atoms with van der Waals surface area (Å²) in [6, 6.07) is 0. The Bertz CT molecular complexity index is 92.2. The highest BCUT2D eigenvalue weighted by Crippen LogP contribution is 1.86. The summed E-state index contributed by atoms with van der Waals surface area (Å²) in [6.45, 7) is 8.64. The molecule has 0 aliphatic carbocycles. The second-order valence-corrected chi connectivity index (χ2v) is 2.75. The minimum atomic E-state index is -0.560. The van der Waals surface area contributed by atoms with Crippen LogP contribution in [0.15, 0.2) is 12.7 Å². The number of rotatable bonds is 6. The molecule has 3 heteroatoms. The van der Waals surface area contributed by atoms with Gasteiger partial charge in [-0.05, 0) is 13.3 Å². The van der Waals surface area contributed by atoms with Crippen molar-refractivity contribution in [1.82, 2.24) is 0 Å². The lowest BCUT2D eigenvalue weighted by Crippen LogP contribution is -2.03. The minimum Gasteiger partial charge on any atom is -0.394 e. The fourth-order valence-corrected chi connectivity index (χ4v) is 0.413. The smallest absolute Gasteiger partial charge is 0.0742 e. The Morgan fingerprint density at radius 3 is 2.38 bits per heavy atom. The second-order valence-electron chi connectivity index (χ2n) is 2.75. The highest BCUT2D eigenvalue weighted by molar-refractivity contribution is 4.63. The monoisotopic (exact) mass is 190 g/mol. The van der Waals surface area contributed by atoms with Crippen molar-refractivity contribution in [2.24, 2.45) is 0 Å². The van der Waals surface area contributed by atoms with Gasteiger partial charge in [0.05, 0.1) is 19.3 Å². The van der Waals surface area contributed by atoms with Gasteiger partial charge in [-0.25, -0.2) is 0 Å². The topological polar surface area (TPSA) is 49.7 Å². The predicted octanol–water partition coefficient (Wildman–Crippen LogP) is 1.35. The lowest BCUT2D eigenvalue weighted by Gasteiger charge is -1.95. The van der Waals surface area contributed by atoms with Crippen molar-refractivity contribution in [1.29, 1.82) is 0 Å². The molecule has 0 saturated carbocycles. The summed E-state index contributed by atoms with van der Waals surface area (Å²) in [4.78, 5) is 0. The second kappa shape index (κ2) is 14.2. The normalized spacial score (nSPS) is 11.4. The van der Waals surface area contributed by atoms with Crippen LogP contribution >= 0.6 is 0 Å². The first kappa shape index (κ1) is 15.1. The molecule has 1 atom stereocenters. The highest BCUT2D eigenvalue weighted by Gasteiger charge is 1.83. The summed E-state index contributed by atoms with van der Waals surface area (Å²) in [5.41, 5.74) is 0. The maximum atomic E-state index is 8.11. The van der Waals surface area contributed by atoms with Crippen LogP contribution in [-0.2, 0) is 4.74 Å². The third-order valence-corrected chi connectivity index (χ3v) is 1.14. The molecule has 0 aromatic carbocycles. The zero-order valence-corrected chi connectivity index (χ0v) is 8.70. The van der Waals surface area contributed by atoms with Crippen molar-refractivity contribution in [2.45, 2.75) is 32.8 Å². The zero-order chi connectivity index (χ0) is 10.5. The van der Waals surface area contributed by atoms with E-state index in [4.69, 9.17) is 14.9 Å². The first-order valence-corrected chi connectivity index (χ1v) is 4.66. The van der Waals surface area contributed by atoms with Gasteiger partial charge < -0.3 is 14.9 Å². The van der Waals surface area contributed by atoms with Gasteiger partial charge in [-0.2, -0.15) is 0 Å². The highest BCUT2D eigenvalue weighted by atomic mass is 16.5. The largest absolute Gasteiger partial charge is 0.394 e. The maximum absolute atomic E-state index is 8.11. The van der Waals surface area contributed by atoms with Crippen molar-refractivity contribution < 1.29 is 14.9 Å². The Morgan fingerprint density at radius 2 is 2.08 bits per heavy atom. The molecule has 13 heavy (non-hydrogen) atoms. The lowest BCUT2D eigenvalue weighted by atomic mass is 10.4. The molecular weight excluding hydrogens is 168 g/mol. The molecule has 0 rings (SSSR count). The summed E-state index contributed by atoms with van der Waals surface area (Å²) in [6.07, 6.45) is 3.58. The third-order valence-electron chi connectivity index (χ3n) is 1.14. The predicted molar refractivity (Wildman–Crippen MR) is 54.7 cm³/mol. The van der Waals surface area contributed by atoms with Gasteiger partial charge in [0, 0.05) is 6.61 Å². The van der Waals surface area contributed by atoms with Crippen molar-refractivity contribution in [2.75, 3.05) is 19.8 Å². The van der Waals surface area contributed by atoms with Gasteiger partial charge in [-0.1, -0.05) is 19.4 Å². The molecule has 0 aliphatic heterocycles. The van der Waals surface area contributed by atoms with E-state index in [1.807, 2.05) is 0 Å². The summed E-state index contributed by atoms with van der Waals surface area (Å²) >= 11 is 0. The van der Waals surface area contributed by atoms with E-state index in [-0.39, 0.29) is 6.61 Å². The molecule has 0 aromatic heterocycles. The molecular formula is C10H22O3. The van der Waals surface area contributed by atoms with Crippen LogP contribution in [0.5, 0.6) is 0 Å². The number of unbranched alkanes of at least 4 members (excludes halogenated alkanes) is 1. The van der Waals surface area contributed by atoms with E-state index in [0.717, 1.165) is 13.0 Å². The Kier molecular flexibility index (Phi) is 16.5. The van der Waals surface area contributed by atoms with Crippen LogP contribution in [-0.4, -0.2) is 36.1 Å². The molecule has 1 unspecified atom stereocenters. The average molecular weight is 190 g/mol. The maximum Gasteiger partial charge on any atom is 0.0742 e. The summed E-state index contributed by atoms with van der Waals surface area (Å²) in [7, 11) is 0. The van der Waals surface area contributed by atoms with E-state index in [9.17, 15) is 0 Å². The molecule has 3 nitrogen and oxygen atoms in total. The van der Waals surface area contributed by atoms with Gasteiger partial charge in [-0.15, -0.1) is 6.58 Å². The van der Waals surface area contributed by atoms with Gasteiger partial charge >= 0.3 is 0 Å². The molecule has 2 N–H and O–H groups in total. The molecule has 0 radical (unpaired) electrons. The molecule has 0 fully saturated rings. The van der Waals surface area contributed by atoms with Crippen molar-refractivity contribution in [3.63, 3.8) is 0 Å². The standard InChI is InChI=1S/C7H14O.C3H8O2/c1-3-5-7-8-6-4-2;1-3(5)2-4/h4H,2-3,5-7H2,1H3;3-5H,2H2,1H3. The SMILES string of the molecule is C=CCOCCCC.CC(O)CO. The molecule has 0 bridgehead atoms. The van der Waals surface area contributed by atoms with E-state index in [2.05, 4.69) is 13.5 Å². The van der Waals surface area contributed by atoms with Crippen LogP contribution in [0.4, 0.5) is 0 Å². The Hall–Kier alpha value is -0.380. The van der Waals surface area contributed by atoms with Crippen molar-refractivity contribution in [3.8, 4) is 0 Å². The van der Waals surface area contributed by atoms with Gasteiger partial charge in [0.2, 0.25) is 0 Å². The zero-order valence-electron chi connectivity index (χ0n) is 8.70. The summed E-state index contributed by atoms with van der Waals surface area (Å²) in [5.74, 6) is 0. The number of ether oxygens (including phenoxy) is 1. The minimum absolute atomic E-state index is 0.139. The Morgan fingerprint density at radius 1 is 1.54 bits per heavy atom. The lowest BCUT2D eigenvalue weighted by molar-refractivity contribution is 0.110. The first-order valence-electron chi connectivity index (χ1n) is 4.66. The quantitative estimate of drug-likeness (QED) is 0.491. The number of aliphatic hydroxyl groups excluding tert-OH is 2. The number of hydrogen-bond acceptors (Lipinski definition) is 3. The van der Waals surface area contributed by atoms with E-state index >= 15 is 0 Å². The van der Waals surface area contributed by atoms with Gasteiger partial charge in [0.15, 0.2) is 0 Å². The average Bonchev–Trinajstić information content (AvgIpc) is 2.14. The third kappa shape index (κ3) is 24.5. The van der Waals surface area contributed by atoms with Crippen LogP contribution < -0.4 is 0 Å². The molecule has 0 spiro atoms. The van der Waals surface area contributed by atoms with Crippen molar-refractivity contribution >= 4 is 0 Å². The number of aliphatic hydroxyl groups is 2. The Balaban J connectivity index is 0. The molecule has 0 aromatic rings. The van der Waals surface area contributed by atoms with Crippen LogP contribution in [0, 0.1) is 0 Å². The van der Waals surface area contributed by atoms with E-state index in [0.29, 0.717) is 6.61 Å². The van der Waals surface area contributed by atoms with Gasteiger partial charge in [-0.3, -0.25) is 0 Å².